The largest absolute Gasteiger partial charge is 0.462 e. The summed E-state index contributed by atoms with van der Waals surface area (Å²) in [7, 11) is 0. The molecule has 1 rings (SSSR count). The van der Waals surface area contributed by atoms with Crippen molar-refractivity contribution in [1.29, 1.82) is 0 Å². The average molecular weight is 250 g/mol. The van der Waals surface area contributed by atoms with Gasteiger partial charge in [0.2, 0.25) is 0 Å². The molecule has 2 atom stereocenters. The minimum Gasteiger partial charge on any atom is -0.462 e. The molecule has 3 nitrogen and oxygen atoms in total. The first-order valence-corrected chi connectivity index (χ1v) is 6.36. The van der Waals surface area contributed by atoms with Crippen LogP contribution < -0.4 is 0 Å². The molecule has 0 saturated carbocycles. The van der Waals surface area contributed by atoms with Crippen LogP contribution in [-0.2, 0) is 16.1 Å². The van der Waals surface area contributed by atoms with Crippen LogP contribution in [0.2, 0.25) is 0 Å². The Morgan fingerprint density at radius 2 is 1.72 bits per heavy atom. The third-order valence-electron chi connectivity index (χ3n) is 3.17. The van der Waals surface area contributed by atoms with Crippen LogP contribution in [0.15, 0.2) is 24.3 Å². The summed E-state index contributed by atoms with van der Waals surface area (Å²) in [5, 5.41) is 8.99. The van der Waals surface area contributed by atoms with Gasteiger partial charge in [0.05, 0.1) is 12.5 Å². The summed E-state index contributed by atoms with van der Waals surface area (Å²) >= 11 is 0. The molecule has 0 aliphatic rings. The fourth-order valence-corrected chi connectivity index (χ4v) is 1.62. The standard InChI is InChI=1S/C15H22O3/c1-10(2)15(17)18-12(4)11(3)14-7-5-13(9-16)6-8-14/h5-8,10-12,16H,9H2,1-4H3. The van der Waals surface area contributed by atoms with Crippen LogP contribution in [0.3, 0.4) is 0 Å². The monoisotopic (exact) mass is 250 g/mol. The van der Waals surface area contributed by atoms with E-state index in [2.05, 4.69) is 0 Å². The maximum absolute atomic E-state index is 11.5. The fourth-order valence-electron chi connectivity index (χ4n) is 1.62. The van der Waals surface area contributed by atoms with Gasteiger partial charge in [0.1, 0.15) is 6.10 Å². The number of rotatable bonds is 5. The van der Waals surface area contributed by atoms with Crippen LogP contribution in [0.25, 0.3) is 0 Å². The molecule has 0 radical (unpaired) electrons. The second-order valence-corrected chi connectivity index (χ2v) is 4.99. The Morgan fingerprint density at radius 3 is 2.17 bits per heavy atom. The average Bonchev–Trinajstić information content (AvgIpc) is 2.37. The molecule has 0 spiro atoms. The van der Waals surface area contributed by atoms with Gasteiger partial charge >= 0.3 is 5.97 Å². The number of aliphatic hydroxyl groups excluding tert-OH is 1. The molecule has 0 aromatic heterocycles. The summed E-state index contributed by atoms with van der Waals surface area (Å²) in [5.74, 6) is -0.127. The maximum Gasteiger partial charge on any atom is 0.308 e. The van der Waals surface area contributed by atoms with Crippen LogP contribution in [0.1, 0.15) is 44.7 Å². The topological polar surface area (TPSA) is 46.5 Å². The van der Waals surface area contributed by atoms with Crippen molar-refractivity contribution in [3.8, 4) is 0 Å². The zero-order chi connectivity index (χ0) is 13.7. The quantitative estimate of drug-likeness (QED) is 0.817. The van der Waals surface area contributed by atoms with E-state index in [1.54, 1.807) is 0 Å². The van der Waals surface area contributed by atoms with Gasteiger partial charge in [-0.3, -0.25) is 4.79 Å². The first-order chi connectivity index (χ1) is 8.45. The van der Waals surface area contributed by atoms with Crippen LogP contribution in [0.5, 0.6) is 0 Å². The number of carbonyl (C=O) groups is 1. The van der Waals surface area contributed by atoms with Gasteiger partial charge in [-0.15, -0.1) is 0 Å². The smallest absolute Gasteiger partial charge is 0.308 e. The molecule has 100 valence electrons. The van der Waals surface area contributed by atoms with E-state index in [0.29, 0.717) is 0 Å². The predicted molar refractivity (Wildman–Crippen MR) is 71.2 cm³/mol. The molecule has 0 heterocycles. The van der Waals surface area contributed by atoms with E-state index >= 15 is 0 Å². The van der Waals surface area contributed by atoms with E-state index in [1.807, 2.05) is 52.0 Å². The van der Waals surface area contributed by atoms with Gasteiger partial charge in [0.25, 0.3) is 0 Å². The summed E-state index contributed by atoms with van der Waals surface area (Å²) in [6.45, 7) is 7.65. The van der Waals surface area contributed by atoms with Gasteiger partial charge in [-0.25, -0.2) is 0 Å². The molecule has 0 bridgehead atoms. The van der Waals surface area contributed by atoms with Crippen LogP contribution in [0, 0.1) is 5.92 Å². The number of carbonyl (C=O) groups excluding carboxylic acids is 1. The summed E-state index contributed by atoms with van der Waals surface area (Å²) in [5.41, 5.74) is 1.99. The first-order valence-electron chi connectivity index (χ1n) is 6.36. The van der Waals surface area contributed by atoms with Gasteiger partial charge in [-0.1, -0.05) is 45.0 Å². The minimum absolute atomic E-state index is 0.0482. The van der Waals surface area contributed by atoms with E-state index in [0.717, 1.165) is 11.1 Å². The zero-order valence-corrected chi connectivity index (χ0v) is 11.5. The van der Waals surface area contributed by atoms with Gasteiger partial charge in [-0.05, 0) is 18.1 Å². The number of ether oxygens (including phenoxy) is 1. The first kappa shape index (κ1) is 14.7. The summed E-state index contributed by atoms with van der Waals surface area (Å²) in [6.07, 6.45) is -0.153. The molecule has 0 aliphatic heterocycles. The zero-order valence-electron chi connectivity index (χ0n) is 11.5. The number of hydrogen-bond donors (Lipinski definition) is 1. The molecule has 0 fully saturated rings. The van der Waals surface area contributed by atoms with Crippen molar-refractivity contribution in [2.75, 3.05) is 0 Å². The lowest BCUT2D eigenvalue weighted by Crippen LogP contribution is -2.23. The van der Waals surface area contributed by atoms with Gasteiger partial charge in [-0.2, -0.15) is 0 Å². The number of aliphatic hydroxyl groups is 1. The molecular weight excluding hydrogens is 228 g/mol. The Kier molecular flexibility index (Phi) is 5.35. The van der Waals surface area contributed by atoms with Crippen molar-refractivity contribution < 1.29 is 14.6 Å². The van der Waals surface area contributed by atoms with Crippen molar-refractivity contribution in [2.45, 2.75) is 46.3 Å². The Labute approximate surface area is 109 Å². The third-order valence-corrected chi connectivity index (χ3v) is 3.17. The van der Waals surface area contributed by atoms with Crippen molar-refractivity contribution in [3.63, 3.8) is 0 Å². The van der Waals surface area contributed by atoms with E-state index in [1.165, 1.54) is 0 Å². The predicted octanol–water partition coefficient (Wildman–Crippen LogP) is 2.87. The molecule has 2 unspecified atom stereocenters. The lowest BCUT2D eigenvalue weighted by Gasteiger charge is -2.22. The minimum atomic E-state index is -0.165. The highest BCUT2D eigenvalue weighted by Crippen LogP contribution is 2.22. The Hall–Kier alpha value is -1.35. The molecule has 0 saturated heterocycles. The molecule has 1 aromatic rings. The van der Waals surface area contributed by atoms with Crippen LogP contribution in [-0.4, -0.2) is 17.2 Å². The van der Waals surface area contributed by atoms with Crippen molar-refractivity contribution >= 4 is 5.97 Å². The number of esters is 1. The normalized spacial score (nSPS) is 14.3. The second kappa shape index (κ2) is 6.55. The lowest BCUT2D eigenvalue weighted by molar-refractivity contribution is -0.152. The summed E-state index contributed by atoms with van der Waals surface area (Å²) in [6, 6.07) is 7.72. The Bertz CT molecular complexity index is 381. The molecular formula is C15H22O3. The Morgan fingerprint density at radius 1 is 1.17 bits per heavy atom. The molecule has 1 N–H and O–H groups in total. The summed E-state index contributed by atoms with van der Waals surface area (Å²) < 4.78 is 5.40. The van der Waals surface area contributed by atoms with Crippen LogP contribution >= 0.6 is 0 Å². The molecule has 1 aromatic carbocycles. The van der Waals surface area contributed by atoms with Gasteiger partial charge < -0.3 is 9.84 Å². The summed E-state index contributed by atoms with van der Waals surface area (Å²) in [4.78, 5) is 11.5. The highest BCUT2D eigenvalue weighted by molar-refractivity contribution is 5.71. The Balaban J connectivity index is 2.67. The number of benzene rings is 1. The highest BCUT2D eigenvalue weighted by atomic mass is 16.5. The van der Waals surface area contributed by atoms with Crippen molar-refractivity contribution in [2.24, 2.45) is 5.92 Å². The lowest BCUT2D eigenvalue weighted by atomic mass is 9.95. The molecule has 0 aliphatic carbocycles. The molecule has 18 heavy (non-hydrogen) atoms. The van der Waals surface area contributed by atoms with Crippen molar-refractivity contribution in [1.82, 2.24) is 0 Å². The van der Waals surface area contributed by atoms with E-state index < -0.39 is 0 Å². The van der Waals surface area contributed by atoms with Gasteiger partial charge in [0, 0.05) is 5.92 Å². The SMILES string of the molecule is CC(C)C(=O)OC(C)C(C)c1ccc(CO)cc1. The molecule has 0 amide bonds. The third kappa shape index (κ3) is 3.84. The van der Waals surface area contributed by atoms with Crippen LogP contribution in [0.4, 0.5) is 0 Å². The highest BCUT2D eigenvalue weighted by Gasteiger charge is 2.19. The van der Waals surface area contributed by atoms with E-state index in [4.69, 9.17) is 9.84 Å². The molecule has 3 heteroatoms. The maximum atomic E-state index is 11.5. The number of hydrogen-bond acceptors (Lipinski definition) is 3. The van der Waals surface area contributed by atoms with Crippen molar-refractivity contribution in [3.05, 3.63) is 35.4 Å². The second-order valence-electron chi connectivity index (χ2n) is 4.99. The van der Waals surface area contributed by atoms with Gasteiger partial charge in [0.15, 0.2) is 0 Å². The van der Waals surface area contributed by atoms with E-state index in [-0.39, 0.29) is 30.5 Å². The van der Waals surface area contributed by atoms with E-state index in [9.17, 15) is 4.79 Å². The fraction of sp³-hybridized carbons (Fsp3) is 0.533.